The molecule has 216 valence electrons. The van der Waals surface area contributed by atoms with Crippen molar-refractivity contribution >= 4 is 70.2 Å². The molecular formula is C43H28N2S. The molecule has 2 aromatic heterocycles. The molecule has 0 radical (unpaired) electrons. The summed E-state index contributed by atoms with van der Waals surface area (Å²) < 4.78 is 2.56. The van der Waals surface area contributed by atoms with Crippen molar-refractivity contribution in [1.29, 1.82) is 0 Å². The first kappa shape index (κ1) is 26.6. The van der Waals surface area contributed by atoms with Gasteiger partial charge in [0.1, 0.15) is 0 Å². The van der Waals surface area contributed by atoms with E-state index in [9.17, 15) is 0 Å². The van der Waals surface area contributed by atoms with E-state index in [1.165, 1.54) is 58.6 Å². The SMILES string of the molecule is c1ccc(-c2cccc(N(c3ccc(-c4cccc5ccccc45)cc3)c3ccc4sc5ccc6ncccc6c5c4c3)c2)cc1. The van der Waals surface area contributed by atoms with E-state index in [-0.39, 0.29) is 0 Å². The number of hydrogen-bond acceptors (Lipinski definition) is 3. The van der Waals surface area contributed by atoms with Crippen molar-refractivity contribution in [2.24, 2.45) is 0 Å². The molecule has 0 amide bonds. The molecule has 0 saturated heterocycles. The van der Waals surface area contributed by atoms with Gasteiger partial charge < -0.3 is 4.90 Å². The summed E-state index contributed by atoms with van der Waals surface area (Å²) in [5.41, 5.74) is 9.21. The van der Waals surface area contributed by atoms with Crippen LogP contribution in [0.15, 0.2) is 170 Å². The average Bonchev–Trinajstić information content (AvgIpc) is 3.51. The molecule has 2 nitrogen and oxygen atoms in total. The Morgan fingerprint density at radius 2 is 1.15 bits per heavy atom. The summed E-state index contributed by atoms with van der Waals surface area (Å²) in [6.45, 7) is 0. The summed E-state index contributed by atoms with van der Waals surface area (Å²) in [5, 5.41) is 6.24. The second kappa shape index (κ2) is 11.0. The van der Waals surface area contributed by atoms with Crippen molar-refractivity contribution < 1.29 is 0 Å². The van der Waals surface area contributed by atoms with Gasteiger partial charge in [0, 0.05) is 48.8 Å². The summed E-state index contributed by atoms with van der Waals surface area (Å²) in [4.78, 5) is 7.04. The van der Waals surface area contributed by atoms with Gasteiger partial charge in [-0.15, -0.1) is 11.3 Å². The van der Waals surface area contributed by atoms with Crippen LogP contribution in [-0.2, 0) is 0 Å². The maximum Gasteiger partial charge on any atom is 0.0709 e. The highest BCUT2D eigenvalue weighted by atomic mass is 32.1. The maximum atomic E-state index is 4.66. The minimum Gasteiger partial charge on any atom is -0.310 e. The highest BCUT2D eigenvalue weighted by molar-refractivity contribution is 7.26. The minimum atomic E-state index is 1.02. The van der Waals surface area contributed by atoms with Crippen LogP contribution in [0.4, 0.5) is 17.1 Å². The van der Waals surface area contributed by atoms with Crippen LogP contribution in [-0.4, -0.2) is 4.98 Å². The Hall–Kier alpha value is -5.77. The summed E-state index contributed by atoms with van der Waals surface area (Å²) in [6.07, 6.45) is 1.87. The lowest BCUT2D eigenvalue weighted by Gasteiger charge is -2.26. The molecular weight excluding hydrogens is 577 g/mol. The van der Waals surface area contributed by atoms with Gasteiger partial charge in [0.25, 0.3) is 0 Å². The quantitative estimate of drug-likeness (QED) is 0.194. The Bertz CT molecular complexity index is 2530. The van der Waals surface area contributed by atoms with Crippen molar-refractivity contribution in [2.75, 3.05) is 4.90 Å². The van der Waals surface area contributed by atoms with Crippen molar-refractivity contribution in [3.8, 4) is 22.3 Å². The molecule has 0 N–H and O–H groups in total. The van der Waals surface area contributed by atoms with Crippen molar-refractivity contribution in [3.05, 3.63) is 170 Å². The predicted molar refractivity (Wildman–Crippen MR) is 198 cm³/mol. The van der Waals surface area contributed by atoms with E-state index in [2.05, 4.69) is 168 Å². The van der Waals surface area contributed by atoms with Crippen LogP contribution < -0.4 is 4.90 Å². The van der Waals surface area contributed by atoms with E-state index in [1.807, 2.05) is 23.6 Å². The van der Waals surface area contributed by atoms with Gasteiger partial charge in [0.05, 0.1) is 5.52 Å². The van der Waals surface area contributed by atoms with Gasteiger partial charge in [0.2, 0.25) is 0 Å². The molecule has 3 heteroatoms. The second-order valence-electron chi connectivity index (χ2n) is 11.6. The second-order valence-corrected chi connectivity index (χ2v) is 12.7. The number of aromatic nitrogens is 1. The van der Waals surface area contributed by atoms with E-state index < -0.39 is 0 Å². The first-order valence-corrected chi connectivity index (χ1v) is 16.4. The van der Waals surface area contributed by atoms with Crippen LogP contribution in [0.1, 0.15) is 0 Å². The number of rotatable bonds is 5. The largest absolute Gasteiger partial charge is 0.310 e. The van der Waals surface area contributed by atoms with Crippen LogP contribution in [0.2, 0.25) is 0 Å². The zero-order valence-corrected chi connectivity index (χ0v) is 25.8. The molecule has 46 heavy (non-hydrogen) atoms. The minimum absolute atomic E-state index is 1.02. The highest BCUT2D eigenvalue weighted by Crippen LogP contribution is 2.43. The first-order chi connectivity index (χ1) is 22.8. The summed E-state index contributed by atoms with van der Waals surface area (Å²) in [5.74, 6) is 0. The molecule has 0 aliphatic rings. The molecule has 7 aromatic carbocycles. The lowest BCUT2D eigenvalue weighted by Crippen LogP contribution is -2.10. The monoisotopic (exact) mass is 604 g/mol. The van der Waals surface area contributed by atoms with Gasteiger partial charge >= 0.3 is 0 Å². The van der Waals surface area contributed by atoms with Crippen LogP contribution in [0.25, 0.3) is 64.1 Å². The maximum absolute atomic E-state index is 4.66. The average molecular weight is 605 g/mol. The number of nitrogens with zero attached hydrogens (tertiary/aromatic N) is 2. The highest BCUT2D eigenvalue weighted by Gasteiger charge is 2.17. The fourth-order valence-corrected chi connectivity index (χ4v) is 7.83. The van der Waals surface area contributed by atoms with Crippen molar-refractivity contribution in [3.63, 3.8) is 0 Å². The predicted octanol–water partition coefficient (Wildman–Crippen LogP) is 12.6. The summed E-state index contributed by atoms with van der Waals surface area (Å²) >= 11 is 1.84. The Morgan fingerprint density at radius 1 is 0.435 bits per heavy atom. The molecule has 0 bridgehead atoms. The molecule has 0 spiro atoms. The number of hydrogen-bond donors (Lipinski definition) is 0. The lowest BCUT2D eigenvalue weighted by atomic mass is 9.98. The van der Waals surface area contributed by atoms with Gasteiger partial charge in [-0.2, -0.15) is 0 Å². The third kappa shape index (κ3) is 4.52. The van der Waals surface area contributed by atoms with E-state index in [1.54, 1.807) is 0 Å². The summed E-state index contributed by atoms with van der Waals surface area (Å²) in [7, 11) is 0. The van der Waals surface area contributed by atoms with Gasteiger partial charge in [0.15, 0.2) is 0 Å². The van der Waals surface area contributed by atoms with Crippen LogP contribution in [0.3, 0.4) is 0 Å². The van der Waals surface area contributed by atoms with Crippen LogP contribution >= 0.6 is 11.3 Å². The third-order valence-corrected chi connectivity index (χ3v) is 10.0. The normalized spacial score (nSPS) is 11.5. The summed E-state index contributed by atoms with van der Waals surface area (Å²) in [6, 6.07) is 59.1. The van der Waals surface area contributed by atoms with Crippen molar-refractivity contribution in [2.45, 2.75) is 0 Å². The molecule has 0 unspecified atom stereocenters. The Balaban J connectivity index is 1.23. The van der Waals surface area contributed by atoms with Crippen LogP contribution in [0.5, 0.6) is 0 Å². The molecule has 0 saturated carbocycles. The number of benzene rings is 7. The Kier molecular flexibility index (Phi) is 6.36. The standard InChI is InChI=1S/C43H28N2S/c1-2-9-29(10-3-1)32-13-6-14-34(27-32)45(33-20-18-31(19-21-33)37-16-7-12-30-11-4-5-15-36(30)37)35-22-24-41-39(28-35)43-38-17-8-26-44-40(38)23-25-42(43)46-41/h1-28H. The Labute approximate surface area is 271 Å². The van der Waals surface area contributed by atoms with Gasteiger partial charge in [-0.25, -0.2) is 0 Å². The van der Waals surface area contributed by atoms with Crippen LogP contribution in [0, 0.1) is 0 Å². The van der Waals surface area contributed by atoms with E-state index in [0.717, 1.165) is 22.6 Å². The van der Waals surface area contributed by atoms with E-state index in [0.29, 0.717) is 0 Å². The molecule has 0 fully saturated rings. The lowest BCUT2D eigenvalue weighted by molar-refractivity contribution is 1.29. The fourth-order valence-electron chi connectivity index (χ4n) is 6.72. The molecule has 0 aliphatic heterocycles. The molecule has 9 rings (SSSR count). The number of pyridine rings is 1. The third-order valence-electron chi connectivity index (χ3n) is 8.90. The first-order valence-electron chi connectivity index (χ1n) is 15.5. The van der Waals surface area contributed by atoms with Crippen molar-refractivity contribution in [1.82, 2.24) is 4.98 Å². The molecule has 0 atom stereocenters. The smallest absolute Gasteiger partial charge is 0.0709 e. The van der Waals surface area contributed by atoms with Gasteiger partial charge in [-0.3, -0.25) is 4.98 Å². The van der Waals surface area contributed by atoms with E-state index >= 15 is 0 Å². The van der Waals surface area contributed by atoms with Gasteiger partial charge in [-0.05, 0) is 93.7 Å². The topological polar surface area (TPSA) is 16.1 Å². The number of anilines is 3. The number of fused-ring (bicyclic) bond motifs is 6. The van der Waals surface area contributed by atoms with Gasteiger partial charge in [-0.1, -0.05) is 103 Å². The zero-order chi connectivity index (χ0) is 30.5. The fraction of sp³-hybridized carbons (Fsp3) is 0. The molecule has 0 aliphatic carbocycles. The number of thiophene rings is 1. The zero-order valence-electron chi connectivity index (χ0n) is 25.0. The molecule has 9 aromatic rings. The molecule has 2 heterocycles. The van der Waals surface area contributed by atoms with E-state index in [4.69, 9.17) is 0 Å². The Morgan fingerprint density at radius 3 is 2.07 bits per heavy atom.